The normalized spacial score (nSPS) is 11.2. The maximum absolute atomic E-state index is 11.4. The number of ether oxygens (including phenoxy) is 2. The smallest absolute Gasteiger partial charge is 0.247 e. The van der Waals surface area contributed by atoms with Crippen LogP contribution in [-0.4, -0.2) is 48.8 Å². The van der Waals surface area contributed by atoms with Crippen LogP contribution in [0.2, 0.25) is 0 Å². The quantitative estimate of drug-likeness (QED) is 0.744. The van der Waals surface area contributed by atoms with Crippen molar-refractivity contribution in [1.82, 2.24) is 19.9 Å². The lowest BCUT2D eigenvalue weighted by atomic mass is 10.4. The molecule has 0 fully saturated rings. The van der Waals surface area contributed by atoms with Crippen molar-refractivity contribution in [3.05, 3.63) is 18.3 Å². The van der Waals surface area contributed by atoms with Crippen LogP contribution in [0.1, 0.15) is 0 Å². The molecule has 0 aliphatic heterocycles. The predicted octanol–water partition coefficient (Wildman–Crippen LogP) is 0.354. The molecule has 2 heterocycles. The Labute approximate surface area is 115 Å². The van der Waals surface area contributed by atoms with Gasteiger partial charge in [-0.05, 0) is 6.07 Å². The molecule has 0 saturated heterocycles. The molecule has 0 spiro atoms. The van der Waals surface area contributed by atoms with E-state index >= 15 is 0 Å². The van der Waals surface area contributed by atoms with Crippen molar-refractivity contribution in [3.63, 3.8) is 0 Å². The lowest BCUT2D eigenvalue weighted by molar-refractivity contribution is 0.372. The van der Waals surface area contributed by atoms with Crippen molar-refractivity contribution in [2.24, 2.45) is 0 Å². The summed E-state index contributed by atoms with van der Waals surface area (Å²) in [7, 11) is -0.601. The number of sulfone groups is 1. The number of aromatic nitrogens is 4. The molecule has 0 N–H and O–H groups in total. The van der Waals surface area contributed by atoms with Crippen molar-refractivity contribution in [2.45, 2.75) is 5.16 Å². The van der Waals surface area contributed by atoms with Crippen LogP contribution in [0.5, 0.6) is 11.8 Å². The highest BCUT2D eigenvalue weighted by molar-refractivity contribution is 7.90. The third-order valence-corrected chi connectivity index (χ3v) is 3.15. The van der Waals surface area contributed by atoms with E-state index in [-0.39, 0.29) is 28.4 Å². The average Bonchev–Trinajstić information content (AvgIpc) is 2.46. The van der Waals surface area contributed by atoms with Gasteiger partial charge in [-0.15, -0.1) is 0 Å². The summed E-state index contributed by atoms with van der Waals surface area (Å²) in [6.45, 7) is 0. The Bertz CT molecular complexity index is 711. The molecule has 0 atom stereocenters. The molecule has 0 aliphatic rings. The van der Waals surface area contributed by atoms with Gasteiger partial charge < -0.3 is 9.47 Å². The van der Waals surface area contributed by atoms with Crippen molar-refractivity contribution in [3.8, 4) is 23.3 Å². The van der Waals surface area contributed by atoms with Gasteiger partial charge in [-0.2, -0.15) is 9.97 Å². The van der Waals surface area contributed by atoms with Crippen LogP contribution in [0.25, 0.3) is 11.5 Å². The fraction of sp³-hybridized carbons (Fsp3) is 0.273. The summed E-state index contributed by atoms with van der Waals surface area (Å²) < 4.78 is 32.9. The summed E-state index contributed by atoms with van der Waals surface area (Å²) in [5, 5.41) is -0.291. The first kappa shape index (κ1) is 14.1. The molecular formula is C11H12N4O4S. The average molecular weight is 296 g/mol. The van der Waals surface area contributed by atoms with Crippen LogP contribution in [0.3, 0.4) is 0 Å². The molecule has 0 bridgehead atoms. The van der Waals surface area contributed by atoms with E-state index in [9.17, 15) is 8.42 Å². The van der Waals surface area contributed by atoms with Crippen molar-refractivity contribution in [2.75, 3.05) is 20.5 Å². The third kappa shape index (κ3) is 2.99. The van der Waals surface area contributed by atoms with Crippen LogP contribution in [0, 0.1) is 0 Å². The molecule has 0 unspecified atom stereocenters. The van der Waals surface area contributed by atoms with E-state index in [1.165, 1.54) is 32.5 Å². The minimum Gasteiger partial charge on any atom is -0.481 e. The Morgan fingerprint density at radius 3 is 2.15 bits per heavy atom. The topological polar surface area (TPSA) is 104 Å². The van der Waals surface area contributed by atoms with Gasteiger partial charge in [0.25, 0.3) is 0 Å². The van der Waals surface area contributed by atoms with E-state index in [0.29, 0.717) is 0 Å². The SMILES string of the molecule is COc1cc(OC)nc(-c2ccnc(S(C)(=O)=O)n2)n1. The van der Waals surface area contributed by atoms with Gasteiger partial charge in [0.1, 0.15) is 5.69 Å². The molecule has 20 heavy (non-hydrogen) atoms. The molecule has 0 saturated carbocycles. The number of nitrogens with zero attached hydrogens (tertiary/aromatic N) is 4. The Kier molecular flexibility index (Phi) is 3.79. The van der Waals surface area contributed by atoms with Crippen molar-refractivity contribution < 1.29 is 17.9 Å². The van der Waals surface area contributed by atoms with Crippen molar-refractivity contribution in [1.29, 1.82) is 0 Å². The molecule has 9 heteroatoms. The minimum absolute atomic E-state index is 0.188. The van der Waals surface area contributed by atoms with Crippen LogP contribution in [0.4, 0.5) is 0 Å². The molecule has 0 aliphatic carbocycles. The van der Waals surface area contributed by atoms with E-state index in [0.717, 1.165) is 6.26 Å². The fourth-order valence-electron chi connectivity index (χ4n) is 1.37. The van der Waals surface area contributed by atoms with Gasteiger partial charge >= 0.3 is 0 Å². The molecular weight excluding hydrogens is 284 g/mol. The Morgan fingerprint density at radius 2 is 1.65 bits per heavy atom. The zero-order valence-electron chi connectivity index (χ0n) is 11.1. The van der Waals surface area contributed by atoms with Crippen LogP contribution >= 0.6 is 0 Å². The van der Waals surface area contributed by atoms with Gasteiger partial charge in [-0.25, -0.2) is 18.4 Å². The first-order chi connectivity index (χ1) is 9.44. The van der Waals surface area contributed by atoms with Crippen molar-refractivity contribution >= 4 is 9.84 Å². The standard InChI is InChI=1S/C11H12N4O4S/c1-18-8-6-9(19-2)15-10(14-8)7-4-5-12-11(13-7)20(3,16)17/h4-6H,1-3H3. The van der Waals surface area contributed by atoms with Gasteiger partial charge in [0.15, 0.2) is 5.82 Å². The fourth-order valence-corrected chi connectivity index (χ4v) is 1.89. The third-order valence-electron chi connectivity index (χ3n) is 2.29. The zero-order chi connectivity index (χ0) is 14.8. The van der Waals surface area contributed by atoms with E-state index in [1.54, 1.807) is 0 Å². The summed E-state index contributed by atoms with van der Waals surface area (Å²) in [5.41, 5.74) is 0.262. The largest absolute Gasteiger partial charge is 0.481 e. The van der Waals surface area contributed by atoms with Gasteiger partial charge in [0, 0.05) is 12.5 Å². The molecule has 0 radical (unpaired) electrons. The van der Waals surface area contributed by atoms with Gasteiger partial charge in [0.2, 0.25) is 26.8 Å². The maximum Gasteiger partial charge on any atom is 0.247 e. The van der Waals surface area contributed by atoms with Gasteiger partial charge in [-0.1, -0.05) is 0 Å². The molecule has 2 aromatic heterocycles. The summed E-state index contributed by atoms with van der Waals surface area (Å²) in [5.74, 6) is 0.756. The molecule has 0 amide bonds. The molecule has 106 valence electrons. The molecule has 0 aromatic carbocycles. The number of hydrogen-bond donors (Lipinski definition) is 0. The second-order valence-corrected chi connectivity index (χ2v) is 5.68. The van der Waals surface area contributed by atoms with Crippen LogP contribution in [0.15, 0.2) is 23.5 Å². The second-order valence-electron chi connectivity index (χ2n) is 3.77. The molecule has 2 aromatic rings. The van der Waals surface area contributed by atoms with E-state index in [4.69, 9.17) is 9.47 Å². The van der Waals surface area contributed by atoms with Gasteiger partial charge in [0.05, 0.1) is 20.3 Å². The monoisotopic (exact) mass is 296 g/mol. The van der Waals surface area contributed by atoms with Crippen LogP contribution < -0.4 is 9.47 Å². The Morgan fingerprint density at radius 1 is 1.05 bits per heavy atom. The zero-order valence-corrected chi connectivity index (χ0v) is 11.9. The predicted molar refractivity (Wildman–Crippen MR) is 69.3 cm³/mol. The first-order valence-electron chi connectivity index (χ1n) is 5.44. The van der Waals surface area contributed by atoms with E-state index < -0.39 is 9.84 Å². The highest BCUT2D eigenvalue weighted by Gasteiger charge is 2.14. The first-order valence-corrected chi connectivity index (χ1v) is 7.33. The number of hydrogen-bond acceptors (Lipinski definition) is 8. The van der Waals surface area contributed by atoms with E-state index in [1.807, 2.05) is 0 Å². The van der Waals surface area contributed by atoms with Gasteiger partial charge in [-0.3, -0.25) is 0 Å². The summed E-state index contributed by atoms with van der Waals surface area (Å²) in [6, 6.07) is 3.01. The lowest BCUT2D eigenvalue weighted by Crippen LogP contribution is -2.05. The summed E-state index contributed by atoms with van der Waals surface area (Å²) >= 11 is 0. The summed E-state index contributed by atoms with van der Waals surface area (Å²) in [6.07, 6.45) is 2.35. The Balaban J connectivity index is 2.56. The Hall–Kier alpha value is -2.29. The summed E-state index contributed by atoms with van der Waals surface area (Å²) in [4.78, 5) is 15.8. The number of methoxy groups -OCH3 is 2. The second kappa shape index (κ2) is 5.37. The van der Waals surface area contributed by atoms with E-state index in [2.05, 4.69) is 19.9 Å². The number of rotatable bonds is 4. The van der Waals surface area contributed by atoms with Crippen LogP contribution in [-0.2, 0) is 9.84 Å². The highest BCUT2D eigenvalue weighted by atomic mass is 32.2. The molecule has 2 rings (SSSR count). The lowest BCUT2D eigenvalue weighted by Gasteiger charge is -2.06. The minimum atomic E-state index is -3.50. The maximum atomic E-state index is 11.4. The highest BCUT2D eigenvalue weighted by Crippen LogP contribution is 2.21. The molecule has 8 nitrogen and oxygen atoms in total.